The zero-order valence-corrected chi connectivity index (χ0v) is 16.3. The number of halogens is 1. The smallest absolute Gasteiger partial charge is 0.266 e. The van der Waals surface area contributed by atoms with Gasteiger partial charge in [-0.3, -0.25) is 4.79 Å². The average molecular weight is 369 g/mol. The van der Waals surface area contributed by atoms with Gasteiger partial charge < -0.3 is 14.6 Å². The molecule has 0 aliphatic heterocycles. The van der Waals surface area contributed by atoms with Crippen LogP contribution in [0.15, 0.2) is 29.8 Å². The zero-order valence-electron chi connectivity index (χ0n) is 16.3. The van der Waals surface area contributed by atoms with Crippen molar-refractivity contribution in [2.45, 2.75) is 33.7 Å². The van der Waals surface area contributed by atoms with Gasteiger partial charge in [0.25, 0.3) is 5.91 Å². The van der Waals surface area contributed by atoms with Gasteiger partial charge in [-0.15, -0.1) is 0 Å². The van der Waals surface area contributed by atoms with Crippen LogP contribution >= 0.6 is 0 Å². The van der Waals surface area contributed by atoms with Crippen molar-refractivity contribution < 1.29 is 13.9 Å². The van der Waals surface area contributed by atoms with E-state index in [2.05, 4.69) is 9.88 Å². The molecule has 27 heavy (non-hydrogen) atoms. The summed E-state index contributed by atoms with van der Waals surface area (Å²) < 4.78 is 21.3. The summed E-state index contributed by atoms with van der Waals surface area (Å²) in [5.74, 6) is -1.18. The molecule has 1 aromatic heterocycles. The molecule has 1 unspecified atom stereocenters. The van der Waals surface area contributed by atoms with Crippen LogP contribution in [-0.4, -0.2) is 24.2 Å². The molecule has 0 spiro atoms. The van der Waals surface area contributed by atoms with Crippen LogP contribution in [0.4, 0.5) is 10.1 Å². The highest BCUT2D eigenvalue weighted by Gasteiger charge is 2.16. The fourth-order valence-electron chi connectivity index (χ4n) is 3.16. The maximum Gasteiger partial charge on any atom is 0.266 e. The monoisotopic (exact) mass is 369 g/mol. The highest BCUT2D eigenvalue weighted by molar-refractivity contribution is 6.09. The van der Waals surface area contributed by atoms with Crippen molar-refractivity contribution in [3.63, 3.8) is 0 Å². The molecular weight excluding hydrogens is 345 g/mol. The summed E-state index contributed by atoms with van der Waals surface area (Å²) in [5.41, 5.74) is 3.41. The largest absolute Gasteiger partial charge is 0.383 e. The molecule has 1 N–H and O–H groups in total. The Labute approximate surface area is 159 Å². The van der Waals surface area contributed by atoms with Gasteiger partial charge >= 0.3 is 0 Å². The fourth-order valence-corrected chi connectivity index (χ4v) is 3.16. The van der Waals surface area contributed by atoms with Gasteiger partial charge in [-0.05, 0) is 63.1 Å². The lowest BCUT2D eigenvalue weighted by atomic mass is 10.1. The summed E-state index contributed by atoms with van der Waals surface area (Å²) in [7, 11) is 1.65. The lowest BCUT2D eigenvalue weighted by Gasteiger charge is -2.17. The van der Waals surface area contributed by atoms with E-state index in [4.69, 9.17) is 4.74 Å². The van der Waals surface area contributed by atoms with Gasteiger partial charge in [0, 0.05) is 18.5 Å². The Kier molecular flexibility index (Phi) is 6.54. The van der Waals surface area contributed by atoms with Crippen LogP contribution in [0.5, 0.6) is 0 Å². The van der Waals surface area contributed by atoms with E-state index in [0.29, 0.717) is 6.61 Å². The summed E-state index contributed by atoms with van der Waals surface area (Å²) >= 11 is 0. The Bertz CT molecular complexity index is 922. The van der Waals surface area contributed by atoms with Crippen molar-refractivity contribution in [1.82, 2.24) is 4.57 Å². The molecule has 6 heteroatoms. The van der Waals surface area contributed by atoms with Crippen LogP contribution in [0.25, 0.3) is 6.08 Å². The first-order chi connectivity index (χ1) is 12.8. The van der Waals surface area contributed by atoms with E-state index < -0.39 is 11.7 Å². The SMILES string of the molecule is COCC(C)n1c(C)cc(/C=C(\C#N)C(=O)Nc2ccc(C)cc2F)c1C. The number of methoxy groups -OCH3 is 1. The second-order valence-corrected chi connectivity index (χ2v) is 6.61. The standard InChI is InChI=1S/C21H24FN3O2/c1-13-6-7-20(19(22)8-13)24-21(26)18(11-23)10-17-9-14(2)25(16(17)4)15(3)12-27-5/h6-10,15H,12H2,1-5H3,(H,24,26)/b18-10+. The number of nitrogens with zero attached hydrogens (tertiary/aromatic N) is 2. The number of amides is 1. The Morgan fingerprint density at radius 2 is 2.07 bits per heavy atom. The summed E-state index contributed by atoms with van der Waals surface area (Å²) in [5, 5.41) is 11.9. The normalized spacial score (nSPS) is 12.6. The fraction of sp³-hybridized carbons (Fsp3) is 0.333. The van der Waals surface area contributed by atoms with Crippen LogP contribution in [0.2, 0.25) is 0 Å². The Morgan fingerprint density at radius 3 is 2.67 bits per heavy atom. The Morgan fingerprint density at radius 1 is 1.37 bits per heavy atom. The molecule has 5 nitrogen and oxygen atoms in total. The number of aromatic nitrogens is 1. The second-order valence-electron chi connectivity index (χ2n) is 6.61. The maximum absolute atomic E-state index is 14.0. The van der Waals surface area contributed by atoms with Crippen molar-refractivity contribution in [2.24, 2.45) is 0 Å². The molecular formula is C21H24FN3O2. The number of nitriles is 1. The molecule has 2 rings (SSSR count). The molecule has 0 aliphatic rings. The maximum atomic E-state index is 14.0. The first-order valence-electron chi connectivity index (χ1n) is 8.65. The second kappa shape index (κ2) is 8.65. The minimum Gasteiger partial charge on any atom is -0.383 e. The van der Waals surface area contributed by atoms with E-state index in [0.717, 1.165) is 22.5 Å². The predicted molar refractivity (Wildman–Crippen MR) is 104 cm³/mol. The van der Waals surface area contributed by atoms with Crippen LogP contribution in [0.1, 0.15) is 35.5 Å². The Balaban J connectivity index is 2.32. The van der Waals surface area contributed by atoms with Gasteiger partial charge in [0.2, 0.25) is 0 Å². The van der Waals surface area contributed by atoms with Crippen molar-refractivity contribution in [2.75, 3.05) is 19.0 Å². The van der Waals surface area contributed by atoms with E-state index in [-0.39, 0.29) is 17.3 Å². The molecule has 1 atom stereocenters. The molecule has 0 radical (unpaired) electrons. The lowest BCUT2D eigenvalue weighted by Crippen LogP contribution is -2.15. The Hall–Kier alpha value is -2.91. The molecule has 0 saturated heterocycles. The van der Waals surface area contributed by atoms with Gasteiger partial charge in [-0.1, -0.05) is 6.07 Å². The van der Waals surface area contributed by atoms with Crippen LogP contribution < -0.4 is 5.32 Å². The van der Waals surface area contributed by atoms with Crippen molar-refractivity contribution in [1.29, 1.82) is 5.26 Å². The van der Waals surface area contributed by atoms with E-state index >= 15 is 0 Å². The molecule has 0 aliphatic carbocycles. The number of aryl methyl sites for hydroxylation is 2. The van der Waals surface area contributed by atoms with Crippen molar-refractivity contribution in [3.8, 4) is 6.07 Å². The number of ether oxygens (including phenoxy) is 1. The van der Waals surface area contributed by atoms with Gasteiger partial charge in [0.15, 0.2) is 0 Å². The number of rotatable bonds is 6. The number of nitrogens with one attached hydrogen (secondary N) is 1. The molecule has 0 fully saturated rings. The van der Waals surface area contributed by atoms with E-state index in [1.54, 1.807) is 20.1 Å². The van der Waals surface area contributed by atoms with Gasteiger partial charge in [-0.2, -0.15) is 5.26 Å². The third-order valence-electron chi connectivity index (χ3n) is 4.41. The summed E-state index contributed by atoms with van der Waals surface area (Å²) in [6, 6.07) is 8.45. The quantitative estimate of drug-likeness (QED) is 0.610. The number of benzene rings is 1. The summed E-state index contributed by atoms with van der Waals surface area (Å²) in [6.07, 6.45) is 1.53. The average Bonchev–Trinajstić information content (AvgIpc) is 2.88. The molecule has 142 valence electrons. The van der Waals surface area contributed by atoms with Crippen molar-refractivity contribution >= 4 is 17.7 Å². The first-order valence-corrected chi connectivity index (χ1v) is 8.65. The number of carbonyl (C=O) groups is 1. The number of carbonyl (C=O) groups excluding carboxylic acids is 1. The molecule has 1 amide bonds. The number of hydrogen-bond acceptors (Lipinski definition) is 3. The van der Waals surface area contributed by atoms with Gasteiger partial charge in [-0.25, -0.2) is 4.39 Å². The third-order valence-corrected chi connectivity index (χ3v) is 4.41. The van der Waals surface area contributed by atoms with Crippen LogP contribution in [0.3, 0.4) is 0 Å². The predicted octanol–water partition coefficient (Wildman–Crippen LogP) is 4.31. The zero-order chi connectivity index (χ0) is 20.1. The topological polar surface area (TPSA) is 67.0 Å². The van der Waals surface area contributed by atoms with Crippen LogP contribution in [-0.2, 0) is 9.53 Å². The third kappa shape index (κ3) is 4.63. The number of hydrogen-bond donors (Lipinski definition) is 1. The summed E-state index contributed by atoms with van der Waals surface area (Å²) in [6.45, 7) is 8.24. The highest BCUT2D eigenvalue weighted by Crippen LogP contribution is 2.23. The molecule has 0 saturated carbocycles. The van der Waals surface area contributed by atoms with E-state index in [9.17, 15) is 14.4 Å². The van der Waals surface area contributed by atoms with E-state index in [1.807, 2.05) is 32.9 Å². The number of anilines is 1. The minimum absolute atomic E-state index is 0.0472. The van der Waals surface area contributed by atoms with Crippen LogP contribution in [0, 0.1) is 37.9 Å². The van der Waals surface area contributed by atoms with Gasteiger partial charge in [0.05, 0.1) is 18.3 Å². The van der Waals surface area contributed by atoms with E-state index in [1.165, 1.54) is 18.2 Å². The molecule has 0 bridgehead atoms. The molecule has 1 heterocycles. The van der Waals surface area contributed by atoms with Gasteiger partial charge in [0.1, 0.15) is 17.5 Å². The molecule has 1 aromatic carbocycles. The first kappa shape index (κ1) is 20.4. The molecule has 2 aromatic rings. The van der Waals surface area contributed by atoms with Crippen molar-refractivity contribution in [3.05, 3.63) is 58.2 Å². The lowest BCUT2D eigenvalue weighted by molar-refractivity contribution is -0.112. The minimum atomic E-state index is -0.644. The highest BCUT2D eigenvalue weighted by atomic mass is 19.1. The summed E-state index contributed by atoms with van der Waals surface area (Å²) in [4.78, 5) is 12.4.